The maximum atomic E-state index is 13.6. The van der Waals surface area contributed by atoms with Gasteiger partial charge >= 0.3 is 0 Å². The van der Waals surface area contributed by atoms with Gasteiger partial charge in [0.1, 0.15) is 17.3 Å². The summed E-state index contributed by atoms with van der Waals surface area (Å²) in [7, 11) is 1.62. The Morgan fingerprint density at radius 3 is 2.39 bits per heavy atom. The van der Waals surface area contributed by atoms with Crippen LogP contribution in [0.3, 0.4) is 0 Å². The minimum absolute atomic E-state index is 0.125. The van der Waals surface area contributed by atoms with Gasteiger partial charge < -0.3 is 9.64 Å². The molecule has 0 saturated heterocycles. The molecule has 0 radical (unpaired) electrons. The normalized spacial score (nSPS) is 15.2. The van der Waals surface area contributed by atoms with Crippen LogP contribution < -0.4 is 4.74 Å². The van der Waals surface area contributed by atoms with E-state index < -0.39 is 0 Å². The van der Waals surface area contributed by atoms with Crippen molar-refractivity contribution < 1.29 is 13.9 Å². The number of nitrogens with zero attached hydrogens (tertiary/aromatic N) is 2. The van der Waals surface area contributed by atoms with Gasteiger partial charge in [0.25, 0.3) is 5.91 Å². The average Bonchev–Trinajstić information content (AvgIpc) is 3.35. The van der Waals surface area contributed by atoms with Crippen LogP contribution in [-0.2, 0) is 6.54 Å². The van der Waals surface area contributed by atoms with E-state index in [1.54, 1.807) is 24.1 Å². The fourth-order valence-corrected chi connectivity index (χ4v) is 4.10. The van der Waals surface area contributed by atoms with Crippen molar-refractivity contribution in [2.24, 2.45) is 0 Å². The largest absolute Gasteiger partial charge is 0.497 e. The third-order valence-corrected chi connectivity index (χ3v) is 5.61. The topological polar surface area (TPSA) is 58.2 Å². The Bertz CT molecular complexity index is 1220. The van der Waals surface area contributed by atoms with Gasteiger partial charge in [-0.05, 0) is 47.5 Å². The summed E-state index contributed by atoms with van der Waals surface area (Å²) in [5.74, 6) is 0.304. The van der Waals surface area contributed by atoms with Gasteiger partial charge in [-0.15, -0.1) is 0 Å². The maximum Gasteiger partial charge on any atom is 0.273 e. The molecule has 0 saturated carbocycles. The van der Waals surface area contributed by atoms with Gasteiger partial charge in [-0.25, -0.2) is 4.39 Å². The van der Waals surface area contributed by atoms with Crippen LogP contribution >= 0.6 is 0 Å². The number of aromatic amines is 1. The molecule has 1 unspecified atom stereocenters. The number of hydrogen-bond donors (Lipinski definition) is 1. The summed E-state index contributed by atoms with van der Waals surface area (Å²) in [6.45, 7) is 0.437. The van der Waals surface area contributed by atoms with Gasteiger partial charge in [-0.2, -0.15) is 5.10 Å². The van der Waals surface area contributed by atoms with Crippen molar-refractivity contribution in [2.75, 3.05) is 7.11 Å². The first-order valence-electron chi connectivity index (χ1n) is 9.99. The quantitative estimate of drug-likeness (QED) is 0.503. The number of methoxy groups -OCH3 is 1. The summed E-state index contributed by atoms with van der Waals surface area (Å²) in [4.78, 5) is 15.2. The van der Waals surface area contributed by atoms with Crippen molar-refractivity contribution in [3.05, 3.63) is 107 Å². The van der Waals surface area contributed by atoms with Crippen molar-refractivity contribution in [3.63, 3.8) is 0 Å². The number of amides is 1. The number of carbonyl (C=O) groups excluding carboxylic acids is 1. The molecule has 1 aromatic heterocycles. The predicted molar refractivity (Wildman–Crippen MR) is 115 cm³/mol. The van der Waals surface area contributed by atoms with Gasteiger partial charge in [-0.1, -0.05) is 42.5 Å². The van der Waals surface area contributed by atoms with E-state index in [1.165, 1.54) is 12.1 Å². The highest BCUT2D eigenvalue weighted by atomic mass is 19.1. The van der Waals surface area contributed by atoms with E-state index in [1.807, 2.05) is 54.6 Å². The van der Waals surface area contributed by atoms with Gasteiger partial charge in [0.15, 0.2) is 0 Å². The molecule has 0 bridgehead atoms. The molecule has 5 nitrogen and oxygen atoms in total. The van der Waals surface area contributed by atoms with E-state index in [4.69, 9.17) is 4.74 Å². The number of fused-ring (bicyclic) bond motifs is 1. The Labute approximate surface area is 179 Å². The van der Waals surface area contributed by atoms with Gasteiger partial charge in [0.2, 0.25) is 0 Å². The molecule has 6 heteroatoms. The number of benzene rings is 3. The number of aromatic nitrogens is 2. The Balaban J connectivity index is 1.63. The molecule has 2 heterocycles. The van der Waals surface area contributed by atoms with Crippen LogP contribution in [0.5, 0.6) is 5.75 Å². The molecule has 154 valence electrons. The molecular weight excluding hydrogens is 393 g/mol. The molecule has 31 heavy (non-hydrogen) atoms. The molecule has 5 rings (SSSR count). The Morgan fingerprint density at radius 2 is 1.71 bits per heavy atom. The van der Waals surface area contributed by atoms with E-state index >= 15 is 0 Å². The molecule has 1 aliphatic heterocycles. The Morgan fingerprint density at radius 1 is 1.00 bits per heavy atom. The van der Waals surface area contributed by atoms with Crippen LogP contribution in [0.25, 0.3) is 11.3 Å². The maximum absolute atomic E-state index is 13.6. The van der Waals surface area contributed by atoms with Gasteiger partial charge in [0, 0.05) is 17.7 Å². The summed E-state index contributed by atoms with van der Waals surface area (Å²) in [5.41, 5.74) is 4.71. The number of hydrogen-bond acceptors (Lipinski definition) is 3. The minimum atomic E-state index is -0.376. The molecule has 1 amide bonds. The van der Waals surface area contributed by atoms with E-state index in [0.717, 1.165) is 28.0 Å². The lowest BCUT2D eigenvalue weighted by atomic mass is 9.96. The summed E-state index contributed by atoms with van der Waals surface area (Å²) >= 11 is 0. The third-order valence-electron chi connectivity index (χ3n) is 5.61. The zero-order valence-corrected chi connectivity index (χ0v) is 16.9. The fraction of sp³-hybridized carbons (Fsp3) is 0.120. The molecule has 0 spiro atoms. The number of halogens is 1. The molecule has 1 N–H and O–H groups in total. The smallest absolute Gasteiger partial charge is 0.273 e. The van der Waals surface area contributed by atoms with E-state index in [9.17, 15) is 9.18 Å². The molecule has 4 aromatic rings. The average molecular weight is 413 g/mol. The zero-order chi connectivity index (χ0) is 21.4. The van der Waals surface area contributed by atoms with E-state index in [-0.39, 0.29) is 17.8 Å². The molecule has 0 aliphatic carbocycles. The molecule has 3 aromatic carbocycles. The van der Waals surface area contributed by atoms with E-state index in [0.29, 0.717) is 17.9 Å². The first kappa shape index (κ1) is 19.1. The van der Waals surface area contributed by atoms with Gasteiger partial charge in [-0.3, -0.25) is 9.89 Å². The molecular formula is C25H20FN3O2. The molecule has 0 fully saturated rings. The van der Waals surface area contributed by atoms with Crippen LogP contribution in [-0.4, -0.2) is 28.1 Å². The lowest BCUT2D eigenvalue weighted by Gasteiger charge is -2.26. The van der Waals surface area contributed by atoms with Crippen LogP contribution in [0.4, 0.5) is 4.39 Å². The van der Waals surface area contributed by atoms with Gasteiger partial charge in [0.05, 0.1) is 18.8 Å². The summed E-state index contributed by atoms with van der Waals surface area (Å²) < 4.78 is 18.9. The highest BCUT2D eigenvalue weighted by Gasteiger charge is 2.42. The van der Waals surface area contributed by atoms with Crippen molar-refractivity contribution >= 4 is 5.91 Å². The molecule has 1 aliphatic rings. The summed E-state index contributed by atoms with van der Waals surface area (Å²) in [5, 5.41) is 7.40. The van der Waals surface area contributed by atoms with Crippen molar-refractivity contribution in [1.82, 2.24) is 15.1 Å². The lowest BCUT2D eigenvalue weighted by molar-refractivity contribution is 0.0730. The van der Waals surface area contributed by atoms with Crippen molar-refractivity contribution in [3.8, 4) is 17.0 Å². The van der Waals surface area contributed by atoms with Crippen LogP contribution in [0.2, 0.25) is 0 Å². The van der Waals surface area contributed by atoms with Crippen molar-refractivity contribution in [2.45, 2.75) is 12.6 Å². The highest BCUT2D eigenvalue weighted by Crippen LogP contribution is 2.43. The Hall–Kier alpha value is -3.93. The second-order valence-corrected chi connectivity index (χ2v) is 7.46. The second-order valence-electron chi connectivity index (χ2n) is 7.46. The minimum Gasteiger partial charge on any atom is -0.497 e. The lowest BCUT2D eigenvalue weighted by Crippen LogP contribution is -2.29. The predicted octanol–water partition coefficient (Wildman–Crippen LogP) is 4.97. The standard InChI is InChI=1S/C25H20FN3O2/c1-31-20-13-9-17(10-14-20)22-21-23(28-27-22)25(30)29(15-16-5-3-2-4-6-16)24(21)18-7-11-19(26)12-8-18/h2-14,24H,15H2,1H3,(H,27,28). The fourth-order valence-electron chi connectivity index (χ4n) is 4.10. The van der Waals surface area contributed by atoms with Crippen LogP contribution in [0.1, 0.15) is 33.2 Å². The number of rotatable bonds is 5. The summed E-state index contributed by atoms with van der Waals surface area (Å²) in [6.07, 6.45) is 0. The van der Waals surface area contributed by atoms with Crippen LogP contribution in [0.15, 0.2) is 78.9 Å². The highest BCUT2D eigenvalue weighted by molar-refractivity contribution is 6.00. The second kappa shape index (κ2) is 7.72. The van der Waals surface area contributed by atoms with E-state index in [2.05, 4.69) is 10.2 Å². The first-order valence-corrected chi connectivity index (χ1v) is 9.99. The number of carbonyl (C=O) groups is 1. The van der Waals surface area contributed by atoms with Crippen LogP contribution in [0, 0.1) is 5.82 Å². The molecule has 1 atom stereocenters. The zero-order valence-electron chi connectivity index (χ0n) is 16.9. The first-order chi connectivity index (χ1) is 15.2. The SMILES string of the molecule is COc1ccc(-c2n[nH]c3c2C(c2ccc(F)cc2)N(Cc2ccccc2)C3=O)cc1. The Kier molecular flexibility index (Phi) is 4.75. The summed E-state index contributed by atoms with van der Waals surface area (Å²) in [6, 6.07) is 23.3. The number of nitrogens with one attached hydrogen (secondary N) is 1. The third kappa shape index (κ3) is 3.36. The number of H-pyrrole nitrogens is 1. The number of ether oxygens (including phenoxy) is 1. The van der Waals surface area contributed by atoms with Crippen molar-refractivity contribution in [1.29, 1.82) is 0 Å². The monoisotopic (exact) mass is 413 g/mol.